The van der Waals surface area contributed by atoms with Crippen LogP contribution in [0.25, 0.3) is 0 Å². The number of amides is 3. The molecular weight excluding hydrogens is 427 g/mol. The maximum atomic E-state index is 13.5. The lowest BCUT2D eigenvalue weighted by Gasteiger charge is -2.31. The van der Waals surface area contributed by atoms with Crippen molar-refractivity contribution in [1.29, 1.82) is 5.26 Å². The minimum absolute atomic E-state index is 0.203. The Hall–Kier alpha value is -3.87. The van der Waals surface area contributed by atoms with Crippen LogP contribution in [-0.2, 0) is 26.0 Å². The van der Waals surface area contributed by atoms with E-state index in [1.165, 1.54) is 32.2 Å². The molecule has 1 aliphatic heterocycles. The van der Waals surface area contributed by atoms with E-state index in [1.54, 1.807) is 12.1 Å². The number of hydrogen-bond acceptors (Lipinski definition) is 5. The van der Waals surface area contributed by atoms with Crippen LogP contribution in [0.5, 0.6) is 0 Å². The molecule has 0 spiro atoms. The lowest BCUT2D eigenvalue weighted by molar-refractivity contribution is -0.141. The summed E-state index contributed by atoms with van der Waals surface area (Å²) in [4.78, 5) is 40.1. The molecule has 0 saturated carbocycles. The molecule has 1 unspecified atom stereocenters. The number of halogens is 3. The molecule has 1 radical (unpaired) electrons. The van der Waals surface area contributed by atoms with Gasteiger partial charge in [0.2, 0.25) is 0 Å². The number of rotatable bonds is 5. The maximum Gasteiger partial charge on any atom is 0.417 e. The van der Waals surface area contributed by atoms with Crippen LogP contribution in [-0.4, -0.2) is 36.5 Å². The molecule has 1 atom stereocenters. The third-order valence-electron chi connectivity index (χ3n) is 5.32. The molecule has 0 bridgehead atoms. The quantitative estimate of drug-likeness (QED) is 0.519. The summed E-state index contributed by atoms with van der Waals surface area (Å²) in [5, 5.41) is 9.01. The molecule has 3 amide bonds. The first-order chi connectivity index (χ1) is 15.1. The first-order valence-corrected chi connectivity index (χ1v) is 9.36. The first-order valence-electron chi connectivity index (χ1n) is 9.36. The number of esters is 1. The van der Waals surface area contributed by atoms with Gasteiger partial charge in [-0.3, -0.25) is 9.59 Å². The highest BCUT2D eigenvalue weighted by atomic mass is 19.4. The molecule has 1 aliphatic rings. The van der Waals surface area contributed by atoms with Crippen LogP contribution in [0.2, 0.25) is 0 Å². The van der Waals surface area contributed by atoms with Crippen molar-refractivity contribution in [1.82, 2.24) is 4.90 Å². The van der Waals surface area contributed by atoms with Gasteiger partial charge in [-0.15, -0.1) is 0 Å². The summed E-state index contributed by atoms with van der Waals surface area (Å²) >= 11 is 0. The van der Waals surface area contributed by atoms with Crippen molar-refractivity contribution in [2.24, 2.45) is 0 Å². The molecule has 32 heavy (non-hydrogen) atoms. The summed E-state index contributed by atoms with van der Waals surface area (Å²) in [5.41, 5.74) is -3.43. The van der Waals surface area contributed by atoms with E-state index in [4.69, 9.17) is 5.26 Å². The number of anilines is 1. The highest BCUT2D eigenvalue weighted by Gasteiger charge is 2.56. The van der Waals surface area contributed by atoms with Crippen molar-refractivity contribution in [3.63, 3.8) is 0 Å². The van der Waals surface area contributed by atoms with Crippen LogP contribution in [0.1, 0.15) is 30.0 Å². The zero-order valence-electron chi connectivity index (χ0n) is 17.1. The topological polar surface area (TPSA) is 90.7 Å². The van der Waals surface area contributed by atoms with Crippen molar-refractivity contribution < 1.29 is 32.3 Å². The van der Waals surface area contributed by atoms with Gasteiger partial charge in [-0.1, -0.05) is 24.3 Å². The van der Waals surface area contributed by atoms with Gasteiger partial charge in [-0.25, -0.2) is 9.69 Å². The molecule has 165 valence electrons. The second-order valence-corrected chi connectivity index (χ2v) is 7.10. The van der Waals surface area contributed by atoms with E-state index in [2.05, 4.69) is 10.8 Å². The number of hydrogen-bond donors (Lipinski definition) is 0. The van der Waals surface area contributed by atoms with E-state index < -0.39 is 40.7 Å². The number of benzene rings is 2. The monoisotopic (exact) mass is 444 g/mol. The Balaban J connectivity index is 2.13. The van der Waals surface area contributed by atoms with Crippen molar-refractivity contribution >= 4 is 23.6 Å². The van der Waals surface area contributed by atoms with Crippen molar-refractivity contribution in [2.75, 3.05) is 18.6 Å². The van der Waals surface area contributed by atoms with E-state index in [0.717, 1.165) is 17.0 Å². The van der Waals surface area contributed by atoms with Crippen LogP contribution in [0, 0.1) is 17.4 Å². The molecule has 7 nitrogen and oxygen atoms in total. The molecule has 1 saturated heterocycles. The van der Waals surface area contributed by atoms with Gasteiger partial charge in [-0.05, 0) is 36.8 Å². The Morgan fingerprint density at radius 2 is 1.88 bits per heavy atom. The van der Waals surface area contributed by atoms with Gasteiger partial charge in [0.05, 0.1) is 36.4 Å². The Bertz CT molecular complexity index is 1110. The van der Waals surface area contributed by atoms with Crippen LogP contribution >= 0.6 is 0 Å². The molecule has 2 aromatic rings. The number of methoxy groups -OCH3 is 1. The molecular formula is C22H17F3N3O4. The summed E-state index contributed by atoms with van der Waals surface area (Å²) in [7, 11) is 1.17. The summed E-state index contributed by atoms with van der Waals surface area (Å²) in [6, 6.07) is 12.1. The highest BCUT2D eigenvalue weighted by Crippen LogP contribution is 2.41. The maximum absolute atomic E-state index is 13.5. The second-order valence-electron chi connectivity index (χ2n) is 7.10. The summed E-state index contributed by atoms with van der Waals surface area (Å²) in [6.07, 6.45) is -5.09. The Labute approximate surface area is 181 Å². The number of carbonyl (C=O) groups is 3. The fourth-order valence-electron chi connectivity index (χ4n) is 3.58. The minimum Gasteiger partial charge on any atom is -0.469 e. The van der Waals surface area contributed by atoms with E-state index in [1.807, 2.05) is 0 Å². The number of ether oxygens (including phenoxy) is 1. The Kier molecular flexibility index (Phi) is 5.94. The molecule has 1 fully saturated rings. The molecule has 1 heterocycles. The van der Waals surface area contributed by atoms with Gasteiger partial charge in [0.15, 0.2) is 0 Å². The molecule has 0 N–H and O–H groups in total. The molecule has 3 rings (SSSR count). The zero-order valence-corrected chi connectivity index (χ0v) is 17.1. The SMILES string of the molecule is COC(=O)CCN1C(=O)N(c2ccc(C#N)c(C(F)(F)F)c2)C(=O)C1(C)c1cc[c]cc1. The molecule has 2 aromatic carbocycles. The lowest BCUT2D eigenvalue weighted by atomic mass is 9.90. The molecule has 10 heteroatoms. The number of alkyl halides is 3. The third-order valence-corrected chi connectivity index (χ3v) is 5.32. The lowest BCUT2D eigenvalue weighted by Crippen LogP contribution is -2.45. The number of urea groups is 1. The van der Waals surface area contributed by atoms with Gasteiger partial charge < -0.3 is 9.64 Å². The van der Waals surface area contributed by atoms with Crippen LogP contribution in [0.15, 0.2) is 42.5 Å². The number of imide groups is 1. The predicted molar refractivity (Wildman–Crippen MR) is 105 cm³/mol. The summed E-state index contributed by atoms with van der Waals surface area (Å²) < 4.78 is 44.9. The number of nitriles is 1. The smallest absolute Gasteiger partial charge is 0.417 e. The normalized spacial score (nSPS) is 18.6. The number of nitrogens with zero attached hydrogens (tertiary/aromatic N) is 3. The predicted octanol–water partition coefficient (Wildman–Crippen LogP) is 3.62. The summed E-state index contributed by atoms with van der Waals surface area (Å²) in [5.74, 6) is -1.42. The second kappa shape index (κ2) is 8.34. The van der Waals surface area contributed by atoms with Crippen molar-refractivity contribution in [3.8, 4) is 6.07 Å². The van der Waals surface area contributed by atoms with E-state index >= 15 is 0 Å². The van der Waals surface area contributed by atoms with Gasteiger partial charge >= 0.3 is 18.2 Å². The first kappa shape index (κ1) is 22.8. The highest BCUT2D eigenvalue weighted by molar-refractivity contribution is 6.23. The van der Waals surface area contributed by atoms with E-state index in [-0.39, 0.29) is 18.7 Å². The van der Waals surface area contributed by atoms with Crippen LogP contribution in [0.4, 0.5) is 23.7 Å². The number of carbonyl (C=O) groups excluding carboxylic acids is 3. The average molecular weight is 444 g/mol. The molecule has 0 aromatic heterocycles. The van der Waals surface area contributed by atoms with E-state index in [9.17, 15) is 27.6 Å². The Morgan fingerprint density at radius 3 is 2.44 bits per heavy atom. The minimum atomic E-state index is -4.87. The fourth-order valence-corrected chi connectivity index (χ4v) is 3.58. The standard InChI is InChI=1S/C22H17F3N3O4/c1-21(15-6-4-3-5-7-15)19(30)28(20(31)27(21)11-10-18(29)32-2)16-9-8-14(13-26)17(12-16)22(23,24)25/h4-9,12H,10-11H2,1-2H3. The van der Waals surface area contributed by atoms with Gasteiger partial charge in [0.25, 0.3) is 5.91 Å². The summed E-state index contributed by atoms with van der Waals surface area (Å²) in [6.45, 7) is 1.25. The van der Waals surface area contributed by atoms with Crippen molar-refractivity contribution in [2.45, 2.75) is 25.1 Å². The third kappa shape index (κ3) is 3.77. The van der Waals surface area contributed by atoms with Crippen molar-refractivity contribution in [3.05, 3.63) is 65.2 Å². The van der Waals surface area contributed by atoms with Gasteiger partial charge in [0, 0.05) is 6.54 Å². The van der Waals surface area contributed by atoms with E-state index in [0.29, 0.717) is 16.5 Å². The van der Waals surface area contributed by atoms with Crippen LogP contribution in [0.3, 0.4) is 0 Å². The average Bonchev–Trinajstić information content (AvgIpc) is 2.97. The largest absolute Gasteiger partial charge is 0.469 e. The van der Waals surface area contributed by atoms with Gasteiger partial charge in [0.1, 0.15) is 5.54 Å². The molecule has 0 aliphatic carbocycles. The zero-order chi connectivity index (χ0) is 23.7. The van der Waals surface area contributed by atoms with Gasteiger partial charge in [-0.2, -0.15) is 18.4 Å². The Morgan fingerprint density at radius 1 is 1.22 bits per heavy atom. The van der Waals surface area contributed by atoms with Crippen LogP contribution < -0.4 is 4.90 Å². The fraction of sp³-hybridized carbons (Fsp3) is 0.273.